The van der Waals surface area contributed by atoms with E-state index in [-0.39, 0.29) is 6.04 Å². The molecular formula is C12H16BrNO. The number of ether oxygens (including phenoxy) is 1. The van der Waals surface area contributed by atoms with Crippen molar-refractivity contribution in [2.45, 2.75) is 25.8 Å². The van der Waals surface area contributed by atoms with Crippen molar-refractivity contribution in [2.24, 2.45) is 11.7 Å². The molecule has 0 aliphatic heterocycles. The minimum atomic E-state index is 0.0108. The molecule has 2 rings (SSSR count). The maximum atomic E-state index is 5.90. The van der Waals surface area contributed by atoms with E-state index in [1.807, 2.05) is 25.1 Å². The number of rotatable bonds is 4. The van der Waals surface area contributed by atoms with Gasteiger partial charge in [-0.25, -0.2) is 0 Å². The minimum absolute atomic E-state index is 0.0108. The zero-order valence-electron chi connectivity index (χ0n) is 8.87. The van der Waals surface area contributed by atoms with Crippen LogP contribution in [0.5, 0.6) is 5.75 Å². The Morgan fingerprint density at radius 2 is 2.27 bits per heavy atom. The van der Waals surface area contributed by atoms with Crippen LogP contribution in [0.3, 0.4) is 0 Å². The number of nitrogens with two attached hydrogens (primary N) is 1. The SMILES string of the molecule is CC(N)c1cccc(Br)c1OCC1CC1. The minimum Gasteiger partial charge on any atom is -0.492 e. The molecule has 15 heavy (non-hydrogen) atoms. The van der Waals surface area contributed by atoms with Crippen LogP contribution < -0.4 is 10.5 Å². The molecule has 0 heterocycles. The summed E-state index contributed by atoms with van der Waals surface area (Å²) in [6.45, 7) is 2.80. The Morgan fingerprint density at radius 3 is 2.87 bits per heavy atom. The van der Waals surface area contributed by atoms with E-state index < -0.39 is 0 Å². The van der Waals surface area contributed by atoms with E-state index in [0.29, 0.717) is 0 Å². The fourth-order valence-corrected chi connectivity index (χ4v) is 2.02. The molecule has 0 amide bonds. The number of benzene rings is 1. The molecule has 1 unspecified atom stereocenters. The average molecular weight is 270 g/mol. The summed E-state index contributed by atoms with van der Waals surface area (Å²) in [5.41, 5.74) is 6.98. The van der Waals surface area contributed by atoms with Gasteiger partial charge in [0.2, 0.25) is 0 Å². The Balaban J connectivity index is 2.16. The van der Waals surface area contributed by atoms with Crippen LogP contribution in [0.2, 0.25) is 0 Å². The predicted octanol–water partition coefficient (Wildman–Crippen LogP) is 3.26. The molecule has 1 aromatic rings. The van der Waals surface area contributed by atoms with Crippen LogP contribution in [0.4, 0.5) is 0 Å². The van der Waals surface area contributed by atoms with Gasteiger partial charge in [0.1, 0.15) is 5.75 Å². The summed E-state index contributed by atoms with van der Waals surface area (Å²) in [6, 6.07) is 6.02. The monoisotopic (exact) mass is 269 g/mol. The van der Waals surface area contributed by atoms with Gasteiger partial charge < -0.3 is 10.5 Å². The van der Waals surface area contributed by atoms with Crippen molar-refractivity contribution < 1.29 is 4.74 Å². The lowest BCUT2D eigenvalue weighted by Gasteiger charge is -2.15. The zero-order valence-corrected chi connectivity index (χ0v) is 10.5. The van der Waals surface area contributed by atoms with Gasteiger partial charge in [-0.15, -0.1) is 0 Å². The lowest BCUT2D eigenvalue weighted by Crippen LogP contribution is -2.09. The smallest absolute Gasteiger partial charge is 0.138 e. The summed E-state index contributed by atoms with van der Waals surface area (Å²) >= 11 is 3.51. The van der Waals surface area contributed by atoms with E-state index in [9.17, 15) is 0 Å². The largest absolute Gasteiger partial charge is 0.492 e. The van der Waals surface area contributed by atoms with Gasteiger partial charge in [0.05, 0.1) is 11.1 Å². The molecule has 3 heteroatoms. The number of hydrogen-bond acceptors (Lipinski definition) is 2. The van der Waals surface area contributed by atoms with Crippen molar-refractivity contribution in [1.82, 2.24) is 0 Å². The van der Waals surface area contributed by atoms with Crippen LogP contribution in [0, 0.1) is 5.92 Å². The quantitative estimate of drug-likeness (QED) is 0.911. The van der Waals surface area contributed by atoms with E-state index in [1.165, 1.54) is 12.8 Å². The summed E-state index contributed by atoms with van der Waals surface area (Å²) < 4.78 is 6.82. The summed E-state index contributed by atoms with van der Waals surface area (Å²) in [7, 11) is 0. The zero-order chi connectivity index (χ0) is 10.8. The van der Waals surface area contributed by atoms with E-state index in [2.05, 4.69) is 15.9 Å². The maximum absolute atomic E-state index is 5.90. The van der Waals surface area contributed by atoms with Gasteiger partial charge in [-0.3, -0.25) is 0 Å². The Bertz CT molecular complexity index is 347. The molecule has 1 aliphatic carbocycles. The topological polar surface area (TPSA) is 35.2 Å². The first kappa shape index (κ1) is 11.0. The first-order valence-corrected chi connectivity index (χ1v) is 6.14. The number of hydrogen-bond donors (Lipinski definition) is 1. The van der Waals surface area contributed by atoms with Crippen LogP contribution in [0.1, 0.15) is 31.4 Å². The fourth-order valence-electron chi connectivity index (χ4n) is 1.52. The molecule has 2 nitrogen and oxygen atoms in total. The Hall–Kier alpha value is -0.540. The molecule has 1 atom stereocenters. The van der Waals surface area contributed by atoms with E-state index in [4.69, 9.17) is 10.5 Å². The molecular weight excluding hydrogens is 254 g/mol. The highest BCUT2D eigenvalue weighted by molar-refractivity contribution is 9.10. The van der Waals surface area contributed by atoms with Crippen molar-refractivity contribution in [3.8, 4) is 5.75 Å². The van der Waals surface area contributed by atoms with Gasteiger partial charge in [-0.2, -0.15) is 0 Å². The van der Waals surface area contributed by atoms with Crippen LogP contribution in [0.25, 0.3) is 0 Å². The second kappa shape index (κ2) is 4.54. The van der Waals surface area contributed by atoms with Gasteiger partial charge >= 0.3 is 0 Å². The van der Waals surface area contributed by atoms with Crippen molar-refractivity contribution in [2.75, 3.05) is 6.61 Å². The van der Waals surface area contributed by atoms with Crippen LogP contribution in [-0.4, -0.2) is 6.61 Å². The molecule has 1 saturated carbocycles. The third kappa shape index (κ3) is 2.73. The highest BCUT2D eigenvalue weighted by Crippen LogP contribution is 2.35. The van der Waals surface area contributed by atoms with E-state index >= 15 is 0 Å². The highest BCUT2D eigenvalue weighted by atomic mass is 79.9. The third-order valence-electron chi connectivity index (χ3n) is 2.65. The molecule has 0 radical (unpaired) electrons. The van der Waals surface area contributed by atoms with Crippen molar-refractivity contribution in [1.29, 1.82) is 0 Å². The number of halogens is 1. The van der Waals surface area contributed by atoms with Gasteiger partial charge in [-0.05, 0) is 47.7 Å². The molecule has 0 bridgehead atoms. The maximum Gasteiger partial charge on any atom is 0.138 e. The van der Waals surface area contributed by atoms with Gasteiger partial charge in [0, 0.05) is 11.6 Å². The van der Waals surface area contributed by atoms with Crippen LogP contribution >= 0.6 is 15.9 Å². The lowest BCUT2D eigenvalue weighted by atomic mass is 10.1. The first-order valence-electron chi connectivity index (χ1n) is 5.35. The van der Waals surface area contributed by atoms with Crippen LogP contribution in [-0.2, 0) is 0 Å². The Morgan fingerprint density at radius 1 is 1.53 bits per heavy atom. The molecule has 1 aliphatic rings. The van der Waals surface area contributed by atoms with Gasteiger partial charge in [0.15, 0.2) is 0 Å². The molecule has 1 aromatic carbocycles. The van der Waals surface area contributed by atoms with E-state index in [0.717, 1.165) is 28.3 Å². The van der Waals surface area contributed by atoms with E-state index in [1.54, 1.807) is 0 Å². The molecule has 1 fully saturated rings. The average Bonchev–Trinajstić information content (AvgIpc) is 2.99. The highest BCUT2D eigenvalue weighted by Gasteiger charge is 2.23. The van der Waals surface area contributed by atoms with Crippen LogP contribution in [0.15, 0.2) is 22.7 Å². The summed E-state index contributed by atoms with van der Waals surface area (Å²) in [5.74, 6) is 1.68. The molecule has 2 N–H and O–H groups in total. The fraction of sp³-hybridized carbons (Fsp3) is 0.500. The predicted molar refractivity (Wildman–Crippen MR) is 65.0 cm³/mol. The summed E-state index contributed by atoms with van der Waals surface area (Å²) in [5, 5.41) is 0. The van der Waals surface area contributed by atoms with Gasteiger partial charge in [0.25, 0.3) is 0 Å². The standard InChI is InChI=1S/C12H16BrNO/c1-8(14)10-3-2-4-11(13)12(10)15-7-9-5-6-9/h2-4,8-9H,5-7,14H2,1H3. The summed E-state index contributed by atoms with van der Waals surface area (Å²) in [6.07, 6.45) is 2.61. The second-order valence-corrected chi connectivity index (χ2v) is 5.06. The van der Waals surface area contributed by atoms with Crippen molar-refractivity contribution >= 4 is 15.9 Å². The molecule has 0 saturated heterocycles. The molecule has 82 valence electrons. The Labute approximate surface area is 98.9 Å². The first-order chi connectivity index (χ1) is 7.18. The summed E-state index contributed by atoms with van der Waals surface area (Å²) in [4.78, 5) is 0. The normalized spacial score (nSPS) is 17.5. The molecule has 0 aromatic heterocycles. The Kier molecular flexibility index (Phi) is 3.32. The van der Waals surface area contributed by atoms with Gasteiger partial charge in [-0.1, -0.05) is 12.1 Å². The third-order valence-corrected chi connectivity index (χ3v) is 3.27. The van der Waals surface area contributed by atoms with Crippen molar-refractivity contribution in [3.05, 3.63) is 28.2 Å². The van der Waals surface area contributed by atoms with Crippen molar-refractivity contribution in [3.63, 3.8) is 0 Å². The second-order valence-electron chi connectivity index (χ2n) is 4.20. The lowest BCUT2D eigenvalue weighted by molar-refractivity contribution is 0.293. The number of para-hydroxylation sites is 1. The molecule has 0 spiro atoms.